The van der Waals surface area contributed by atoms with Crippen molar-refractivity contribution in [2.24, 2.45) is 17.8 Å². The lowest BCUT2D eigenvalue weighted by atomic mass is 9.75. The Balaban J connectivity index is 1.25. The molecule has 1 heterocycles. The highest BCUT2D eigenvalue weighted by molar-refractivity contribution is 7.89. The van der Waals surface area contributed by atoms with Gasteiger partial charge in [0.25, 0.3) is 5.91 Å². The standard InChI is InChI=1S/C35H43N3O5S/c1-25(2)30-17-16-26(3)22-33(30)43-35(40)31-14-7-8-15-32(31)36-34(39)28-12-9-13-29(23-28)44(41,42)38-20-18-37(19-21-38)24-27-10-5-4-6-11-27/h4-15,23,25-26,30,33H,16-22,24H2,1-3H3,(H,36,39)/t26-,30-,33-/m0/s1. The summed E-state index contributed by atoms with van der Waals surface area (Å²) in [5.41, 5.74) is 1.99. The van der Waals surface area contributed by atoms with Crippen molar-refractivity contribution >= 4 is 27.6 Å². The van der Waals surface area contributed by atoms with E-state index < -0.39 is 21.9 Å². The molecule has 0 radical (unpaired) electrons. The van der Waals surface area contributed by atoms with Crippen molar-refractivity contribution in [1.82, 2.24) is 9.21 Å². The van der Waals surface area contributed by atoms with E-state index in [-0.39, 0.29) is 22.1 Å². The van der Waals surface area contributed by atoms with Gasteiger partial charge < -0.3 is 10.1 Å². The fourth-order valence-corrected chi connectivity index (χ4v) is 7.80. The van der Waals surface area contributed by atoms with Crippen LogP contribution in [0.15, 0.2) is 83.8 Å². The van der Waals surface area contributed by atoms with Crippen molar-refractivity contribution in [3.05, 3.63) is 95.6 Å². The zero-order valence-electron chi connectivity index (χ0n) is 25.8. The van der Waals surface area contributed by atoms with Crippen LogP contribution in [0.5, 0.6) is 0 Å². The molecular weight excluding hydrogens is 574 g/mol. The third-order valence-corrected chi connectivity index (χ3v) is 10.8. The number of carbonyl (C=O) groups is 2. The highest BCUT2D eigenvalue weighted by Crippen LogP contribution is 2.36. The maximum atomic E-state index is 13.5. The van der Waals surface area contributed by atoms with Crippen molar-refractivity contribution < 1.29 is 22.7 Å². The number of para-hydroxylation sites is 1. The molecule has 0 spiro atoms. The second-order valence-corrected chi connectivity index (χ2v) is 14.4. The second kappa shape index (κ2) is 14.1. The minimum Gasteiger partial charge on any atom is -0.458 e. The number of hydrogen-bond donors (Lipinski definition) is 1. The van der Waals surface area contributed by atoms with Crippen LogP contribution in [0.2, 0.25) is 0 Å². The number of ether oxygens (including phenoxy) is 1. The normalized spacial score (nSPS) is 21.6. The van der Waals surface area contributed by atoms with E-state index in [4.69, 9.17) is 4.74 Å². The molecule has 2 aliphatic rings. The van der Waals surface area contributed by atoms with E-state index in [1.165, 1.54) is 22.0 Å². The largest absolute Gasteiger partial charge is 0.458 e. The Morgan fingerprint density at radius 1 is 0.909 bits per heavy atom. The summed E-state index contributed by atoms with van der Waals surface area (Å²) in [7, 11) is -3.79. The van der Waals surface area contributed by atoms with Gasteiger partial charge in [-0.3, -0.25) is 9.69 Å². The molecule has 1 saturated carbocycles. The van der Waals surface area contributed by atoms with E-state index in [1.54, 1.807) is 36.4 Å². The smallest absolute Gasteiger partial charge is 0.340 e. The van der Waals surface area contributed by atoms with E-state index in [9.17, 15) is 18.0 Å². The van der Waals surface area contributed by atoms with E-state index in [2.05, 4.69) is 43.1 Å². The first kappa shape index (κ1) is 31.9. The Morgan fingerprint density at radius 3 is 2.34 bits per heavy atom. The number of anilines is 1. The number of esters is 1. The number of nitrogens with one attached hydrogen (secondary N) is 1. The fraction of sp³-hybridized carbons (Fsp3) is 0.429. The molecule has 2 fully saturated rings. The second-order valence-electron chi connectivity index (χ2n) is 12.5. The van der Waals surface area contributed by atoms with Crippen LogP contribution in [0.3, 0.4) is 0 Å². The third kappa shape index (κ3) is 7.57. The van der Waals surface area contributed by atoms with Gasteiger partial charge in [-0.05, 0) is 66.5 Å². The van der Waals surface area contributed by atoms with Gasteiger partial charge in [0.1, 0.15) is 6.10 Å². The molecular formula is C35H43N3O5S. The van der Waals surface area contributed by atoms with Gasteiger partial charge in [-0.1, -0.05) is 75.7 Å². The number of sulfonamides is 1. The first-order chi connectivity index (χ1) is 21.1. The minimum atomic E-state index is -3.79. The van der Waals surface area contributed by atoms with Gasteiger partial charge in [-0.25, -0.2) is 13.2 Å². The maximum Gasteiger partial charge on any atom is 0.340 e. The molecule has 1 N–H and O–H groups in total. The lowest BCUT2D eigenvalue weighted by Crippen LogP contribution is -2.48. The summed E-state index contributed by atoms with van der Waals surface area (Å²) >= 11 is 0. The molecule has 0 bridgehead atoms. The van der Waals surface area contributed by atoms with E-state index in [0.717, 1.165) is 25.8 Å². The fourth-order valence-electron chi connectivity index (χ4n) is 6.33. The molecule has 0 aromatic heterocycles. The molecule has 5 rings (SSSR count). The topological polar surface area (TPSA) is 96.0 Å². The molecule has 1 saturated heterocycles. The Kier molecular flexibility index (Phi) is 10.2. The summed E-state index contributed by atoms with van der Waals surface area (Å²) in [6.07, 6.45) is 2.81. The van der Waals surface area contributed by atoms with E-state index in [0.29, 0.717) is 49.6 Å². The quantitative estimate of drug-likeness (QED) is 0.293. The van der Waals surface area contributed by atoms with Crippen molar-refractivity contribution in [2.75, 3.05) is 31.5 Å². The first-order valence-corrected chi connectivity index (χ1v) is 17.0. The van der Waals surface area contributed by atoms with Gasteiger partial charge in [0, 0.05) is 38.3 Å². The Morgan fingerprint density at radius 2 is 1.61 bits per heavy atom. The molecule has 1 amide bonds. The summed E-state index contributed by atoms with van der Waals surface area (Å²) < 4.78 is 34.6. The van der Waals surface area contributed by atoms with Gasteiger partial charge in [-0.2, -0.15) is 4.31 Å². The van der Waals surface area contributed by atoms with E-state index >= 15 is 0 Å². The number of hydrogen-bond acceptors (Lipinski definition) is 6. The maximum absolute atomic E-state index is 13.5. The molecule has 1 aliphatic heterocycles. The monoisotopic (exact) mass is 617 g/mol. The average Bonchev–Trinajstić information content (AvgIpc) is 3.02. The van der Waals surface area contributed by atoms with Gasteiger partial charge in [0.05, 0.1) is 16.1 Å². The molecule has 9 heteroatoms. The Bertz CT molecular complexity index is 1550. The van der Waals surface area contributed by atoms with Gasteiger partial charge in [-0.15, -0.1) is 0 Å². The number of amides is 1. The van der Waals surface area contributed by atoms with Gasteiger partial charge in [0.2, 0.25) is 10.0 Å². The van der Waals surface area contributed by atoms with Gasteiger partial charge in [0.15, 0.2) is 0 Å². The molecule has 1 aliphatic carbocycles. The summed E-state index contributed by atoms with van der Waals surface area (Å²) in [5, 5.41) is 2.82. The lowest BCUT2D eigenvalue weighted by Gasteiger charge is -2.36. The van der Waals surface area contributed by atoms with Crippen LogP contribution in [0.1, 0.15) is 66.3 Å². The van der Waals surface area contributed by atoms with Crippen LogP contribution >= 0.6 is 0 Å². The molecule has 234 valence electrons. The number of nitrogens with zero attached hydrogens (tertiary/aromatic N) is 2. The zero-order valence-corrected chi connectivity index (χ0v) is 26.6. The van der Waals surface area contributed by atoms with Crippen LogP contribution < -0.4 is 5.32 Å². The van der Waals surface area contributed by atoms with Crippen LogP contribution in [0.4, 0.5) is 5.69 Å². The average molecular weight is 618 g/mol. The predicted molar refractivity (Wildman–Crippen MR) is 172 cm³/mol. The lowest BCUT2D eigenvalue weighted by molar-refractivity contribution is -0.0173. The molecule has 3 aromatic carbocycles. The number of piperazine rings is 1. The molecule has 8 nitrogen and oxygen atoms in total. The molecule has 44 heavy (non-hydrogen) atoms. The third-order valence-electron chi connectivity index (χ3n) is 8.93. The number of rotatable bonds is 9. The molecule has 3 aromatic rings. The Labute approximate surface area is 261 Å². The predicted octanol–water partition coefficient (Wildman–Crippen LogP) is 6.06. The van der Waals surface area contributed by atoms with Crippen molar-refractivity contribution in [3.63, 3.8) is 0 Å². The Hall–Kier alpha value is -3.53. The minimum absolute atomic E-state index is 0.0699. The molecule has 0 unspecified atom stereocenters. The summed E-state index contributed by atoms with van der Waals surface area (Å²) in [6.45, 7) is 9.28. The zero-order chi connectivity index (χ0) is 31.3. The number of carbonyl (C=O) groups excluding carboxylic acids is 2. The number of benzene rings is 3. The molecule has 3 atom stereocenters. The van der Waals surface area contributed by atoms with E-state index in [1.807, 2.05) is 18.2 Å². The van der Waals surface area contributed by atoms with Crippen LogP contribution in [-0.4, -0.2) is 61.8 Å². The van der Waals surface area contributed by atoms with Gasteiger partial charge >= 0.3 is 5.97 Å². The van der Waals surface area contributed by atoms with Crippen LogP contribution in [0.25, 0.3) is 0 Å². The van der Waals surface area contributed by atoms with Crippen molar-refractivity contribution in [3.8, 4) is 0 Å². The SMILES string of the molecule is CC(C)[C@@H]1CC[C@H](C)C[C@@H]1OC(=O)c1ccccc1NC(=O)c1cccc(S(=O)(=O)N2CCN(Cc3ccccc3)CC2)c1. The first-order valence-electron chi connectivity index (χ1n) is 15.6. The van der Waals surface area contributed by atoms with Crippen molar-refractivity contribution in [2.45, 2.75) is 57.6 Å². The highest BCUT2D eigenvalue weighted by atomic mass is 32.2. The summed E-state index contributed by atoms with van der Waals surface area (Å²) in [6, 6.07) is 23.0. The highest BCUT2D eigenvalue weighted by Gasteiger charge is 2.34. The van der Waals surface area contributed by atoms with Crippen LogP contribution in [-0.2, 0) is 21.3 Å². The van der Waals surface area contributed by atoms with Crippen LogP contribution in [0, 0.1) is 17.8 Å². The summed E-state index contributed by atoms with van der Waals surface area (Å²) in [5.74, 6) is 0.222. The van der Waals surface area contributed by atoms with Crippen molar-refractivity contribution in [1.29, 1.82) is 0 Å². The summed E-state index contributed by atoms with van der Waals surface area (Å²) in [4.78, 5) is 29.0.